The minimum atomic E-state index is -4.30. The molecule has 1 nitrogen and oxygen atoms in total. The van der Waals surface area contributed by atoms with Gasteiger partial charge in [0.25, 0.3) is 0 Å². The van der Waals surface area contributed by atoms with E-state index in [4.69, 9.17) is 0 Å². The Morgan fingerprint density at radius 2 is 1.57 bits per heavy atom. The number of rotatable bonds is 3. The number of nitrogens with zero attached hydrogens (tertiary/aromatic N) is 1. The van der Waals surface area contributed by atoms with Crippen molar-refractivity contribution < 1.29 is 55.3 Å². The molecule has 1 aromatic heterocycles. The van der Waals surface area contributed by atoms with E-state index in [-0.39, 0.29) is 42.2 Å². The molecular formula is C23H17Cl2CrF3N. The SMILES string of the molecule is Cc1c(Cc2ccc(C(F)(F)F)cc2)cc[c-]1-c1cccc2cccnc12.[Cl-].[Cl-].[Cr+3]. The van der Waals surface area contributed by atoms with Gasteiger partial charge in [0, 0.05) is 11.7 Å². The summed E-state index contributed by atoms with van der Waals surface area (Å²) in [5, 5.41) is 1.08. The van der Waals surface area contributed by atoms with E-state index < -0.39 is 11.7 Å². The molecule has 0 spiro atoms. The van der Waals surface area contributed by atoms with E-state index in [0.717, 1.165) is 50.9 Å². The van der Waals surface area contributed by atoms with Crippen LogP contribution in [0.2, 0.25) is 0 Å². The number of halogens is 5. The third-order valence-corrected chi connectivity index (χ3v) is 4.94. The average Bonchev–Trinajstić information content (AvgIpc) is 3.01. The van der Waals surface area contributed by atoms with Gasteiger partial charge < -0.3 is 24.8 Å². The molecule has 0 saturated carbocycles. The second-order valence-electron chi connectivity index (χ2n) is 6.65. The Hall–Kier alpha value is -1.90. The smallest absolute Gasteiger partial charge is 1.00 e. The van der Waals surface area contributed by atoms with Gasteiger partial charge in [-0.3, -0.25) is 4.98 Å². The van der Waals surface area contributed by atoms with E-state index in [0.29, 0.717) is 6.42 Å². The molecule has 0 unspecified atom stereocenters. The van der Waals surface area contributed by atoms with Crippen LogP contribution < -0.4 is 24.8 Å². The monoisotopic (exact) mass is 486 g/mol. The first-order valence-electron chi connectivity index (χ1n) is 8.69. The molecule has 0 fully saturated rings. The van der Waals surface area contributed by atoms with Gasteiger partial charge in [-0.25, -0.2) is 0 Å². The standard InChI is InChI=1S/C23H17F3N.2ClH.Cr/c1-15-18(14-16-7-10-19(11-8-16)23(24,25)26)9-12-20(15)21-6-2-4-17-5-3-13-27-22(17)21;;;/h2-13H,14H2,1H3;2*1H;/q-1;;;+3/p-2. The van der Waals surface area contributed by atoms with Gasteiger partial charge in [0.2, 0.25) is 0 Å². The number of hydrogen-bond donors (Lipinski definition) is 0. The fourth-order valence-corrected chi connectivity index (χ4v) is 3.44. The van der Waals surface area contributed by atoms with Crippen LogP contribution in [0.3, 0.4) is 0 Å². The van der Waals surface area contributed by atoms with E-state index in [1.807, 2.05) is 30.3 Å². The number of fused-ring (bicyclic) bond motifs is 1. The van der Waals surface area contributed by atoms with E-state index >= 15 is 0 Å². The van der Waals surface area contributed by atoms with Gasteiger partial charge in [0.1, 0.15) is 0 Å². The van der Waals surface area contributed by atoms with Crippen molar-refractivity contribution in [2.75, 3.05) is 0 Å². The van der Waals surface area contributed by atoms with Crippen LogP contribution in [0.15, 0.2) is 72.9 Å². The first-order chi connectivity index (χ1) is 12.9. The van der Waals surface area contributed by atoms with Crippen molar-refractivity contribution in [2.45, 2.75) is 19.5 Å². The summed E-state index contributed by atoms with van der Waals surface area (Å²) in [6, 6.07) is 19.6. The summed E-state index contributed by atoms with van der Waals surface area (Å²) in [7, 11) is 0. The van der Waals surface area contributed by atoms with Crippen LogP contribution >= 0.6 is 0 Å². The quantitative estimate of drug-likeness (QED) is 0.385. The van der Waals surface area contributed by atoms with Crippen LogP contribution in [0.25, 0.3) is 22.0 Å². The van der Waals surface area contributed by atoms with Crippen LogP contribution in [0.4, 0.5) is 13.2 Å². The molecule has 0 aliphatic carbocycles. The van der Waals surface area contributed by atoms with Crippen molar-refractivity contribution in [3.05, 3.63) is 95.2 Å². The third-order valence-electron chi connectivity index (χ3n) is 4.94. The van der Waals surface area contributed by atoms with Gasteiger partial charge in [0.05, 0.1) is 5.56 Å². The summed E-state index contributed by atoms with van der Waals surface area (Å²) in [6.45, 7) is 2.05. The fourth-order valence-electron chi connectivity index (χ4n) is 3.44. The number of pyridine rings is 1. The summed E-state index contributed by atoms with van der Waals surface area (Å²) in [5.41, 5.74) is 5.62. The third kappa shape index (κ3) is 5.23. The zero-order chi connectivity index (χ0) is 19.0. The first-order valence-corrected chi connectivity index (χ1v) is 8.69. The van der Waals surface area contributed by atoms with Gasteiger partial charge in [-0.2, -0.15) is 13.2 Å². The molecular weight excluding hydrogens is 470 g/mol. The molecule has 155 valence electrons. The van der Waals surface area contributed by atoms with E-state index in [1.54, 1.807) is 18.3 Å². The number of aromatic nitrogens is 1. The largest absolute Gasteiger partial charge is 3.00 e. The van der Waals surface area contributed by atoms with Crippen molar-refractivity contribution in [1.29, 1.82) is 0 Å². The summed E-state index contributed by atoms with van der Waals surface area (Å²) < 4.78 is 38.2. The van der Waals surface area contributed by atoms with Crippen molar-refractivity contribution in [3.63, 3.8) is 0 Å². The Morgan fingerprint density at radius 1 is 0.900 bits per heavy atom. The predicted octanol–water partition coefficient (Wildman–Crippen LogP) is 0.544. The molecule has 0 atom stereocenters. The molecule has 3 aromatic carbocycles. The normalized spacial score (nSPS) is 10.7. The summed E-state index contributed by atoms with van der Waals surface area (Å²) in [6.07, 6.45) is -1.92. The zero-order valence-electron chi connectivity index (χ0n) is 15.9. The molecule has 0 aliphatic heterocycles. The van der Waals surface area contributed by atoms with Crippen molar-refractivity contribution in [1.82, 2.24) is 4.98 Å². The Bertz CT molecular complexity index is 1100. The van der Waals surface area contributed by atoms with Crippen LogP contribution in [-0.4, -0.2) is 4.98 Å². The molecule has 0 N–H and O–H groups in total. The minimum absolute atomic E-state index is 0. The van der Waals surface area contributed by atoms with Gasteiger partial charge >= 0.3 is 23.5 Å². The predicted molar refractivity (Wildman–Crippen MR) is 102 cm³/mol. The van der Waals surface area contributed by atoms with E-state index in [1.165, 1.54) is 0 Å². The molecule has 30 heavy (non-hydrogen) atoms. The fraction of sp³-hybridized carbons (Fsp3) is 0.130. The molecule has 0 bridgehead atoms. The van der Waals surface area contributed by atoms with Gasteiger partial charge in [-0.15, -0.1) is 29.3 Å². The summed E-state index contributed by atoms with van der Waals surface area (Å²) in [4.78, 5) is 4.52. The maximum absolute atomic E-state index is 12.7. The summed E-state index contributed by atoms with van der Waals surface area (Å²) >= 11 is 0. The Kier molecular flexibility index (Phi) is 9.08. The van der Waals surface area contributed by atoms with Gasteiger partial charge in [-0.05, 0) is 30.0 Å². The second kappa shape index (κ2) is 10.4. The molecule has 0 saturated heterocycles. The first kappa shape index (κ1) is 26.1. The molecule has 0 aliphatic rings. The number of hydrogen-bond acceptors (Lipinski definition) is 1. The maximum atomic E-state index is 12.7. The number of alkyl halides is 3. The molecule has 1 radical (unpaired) electrons. The molecule has 0 amide bonds. The van der Waals surface area contributed by atoms with Crippen LogP contribution in [-0.2, 0) is 30.0 Å². The van der Waals surface area contributed by atoms with Crippen molar-refractivity contribution in [3.8, 4) is 11.1 Å². The Labute approximate surface area is 196 Å². The number of benzene rings is 2. The van der Waals surface area contributed by atoms with Crippen molar-refractivity contribution >= 4 is 10.9 Å². The van der Waals surface area contributed by atoms with Crippen LogP contribution in [0, 0.1) is 6.92 Å². The average molecular weight is 487 g/mol. The van der Waals surface area contributed by atoms with E-state index in [9.17, 15) is 13.2 Å². The molecule has 7 heteroatoms. The minimum Gasteiger partial charge on any atom is -1.00 e. The van der Waals surface area contributed by atoms with Gasteiger partial charge in [-0.1, -0.05) is 53.9 Å². The Balaban J connectivity index is 0.00000150. The molecule has 1 heterocycles. The Morgan fingerprint density at radius 3 is 2.23 bits per heavy atom. The van der Waals surface area contributed by atoms with Gasteiger partial charge in [0.15, 0.2) is 0 Å². The maximum Gasteiger partial charge on any atom is 3.00 e. The van der Waals surface area contributed by atoms with Crippen LogP contribution in [0.5, 0.6) is 0 Å². The van der Waals surface area contributed by atoms with Crippen molar-refractivity contribution in [2.24, 2.45) is 0 Å². The topological polar surface area (TPSA) is 12.9 Å². The summed E-state index contributed by atoms with van der Waals surface area (Å²) in [5.74, 6) is 0. The zero-order valence-corrected chi connectivity index (χ0v) is 18.7. The molecule has 4 rings (SSSR count). The van der Waals surface area contributed by atoms with E-state index in [2.05, 4.69) is 24.0 Å². The van der Waals surface area contributed by atoms with Crippen LogP contribution in [0.1, 0.15) is 22.3 Å². The second-order valence-corrected chi connectivity index (χ2v) is 6.65. The molecule has 4 aromatic rings. The number of para-hydroxylation sites is 1.